The number of hydrogen-bond acceptors (Lipinski definition) is 7. The quantitative estimate of drug-likeness (QED) is 0.475. The van der Waals surface area contributed by atoms with Gasteiger partial charge < -0.3 is 19.0 Å². The highest BCUT2D eigenvalue weighted by Gasteiger charge is 2.21. The second kappa shape index (κ2) is 10.6. The van der Waals surface area contributed by atoms with Crippen molar-refractivity contribution in [3.63, 3.8) is 0 Å². The smallest absolute Gasteiger partial charge is 0.407 e. The van der Waals surface area contributed by atoms with E-state index in [4.69, 9.17) is 13.7 Å². The Bertz CT molecular complexity index is 941. The lowest BCUT2D eigenvalue weighted by molar-refractivity contribution is -0.147. The van der Waals surface area contributed by atoms with Crippen LogP contribution in [0.15, 0.2) is 54.6 Å². The largest absolute Gasteiger partial charge is 0.463 e. The van der Waals surface area contributed by atoms with Crippen molar-refractivity contribution in [1.82, 2.24) is 5.32 Å². The first kappa shape index (κ1) is 23.2. The third-order valence-electron chi connectivity index (χ3n) is 3.77. The first-order valence-corrected chi connectivity index (χ1v) is 11.1. The highest BCUT2D eigenvalue weighted by Crippen LogP contribution is 2.22. The van der Waals surface area contributed by atoms with Crippen LogP contribution in [0.2, 0.25) is 0 Å². The highest BCUT2D eigenvalue weighted by molar-refractivity contribution is 7.86. The molecule has 0 heterocycles. The van der Waals surface area contributed by atoms with Crippen LogP contribution >= 0.6 is 0 Å². The molecule has 1 amide bonds. The lowest BCUT2D eigenvalue weighted by Crippen LogP contribution is -2.31. The maximum Gasteiger partial charge on any atom is 0.407 e. The van der Waals surface area contributed by atoms with Crippen LogP contribution in [-0.2, 0) is 31.0 Å². The Balaban J connectivity index is 2.09. The van der Waals surface area contributed by atoms with Crippen LogP contribution < -0.4 is 9.50 Å². The number of ether oxygens (including phenoxy) is 2. The van der Waals surface area contributed by atoms with Crippen molar-refractivity contribution in [2.75, 3.05) is 6.26 Å². The van der Waals surface area contributed by atoms with Gasteiger partial charge in [0.25, 0.3) is 0 Å². The van der Waals surface area contributed by atoms with E-state index in [1.807, 2.05) is 30.3 Å². The summed E-state index contributed by atoms with van der Waals surface area (Å²) in [6.45, 7) is 3.54. The van der Waals surface area contributed by atoms with E-state index in [-0.39, 0.29) is 24.9 Å². The topological polar surface area (TPSA) is 108 Å². The molecule has 1 unspecified atom stereocenters. The number of carbonyl (C=O) groups excluding carboxylic acids is 2. The van der Waals surface area contributed by atoms with E-state index in [9.17, 15) is 18.0 Å². The van der Waals surface area contributed by atoms with Crippen molar-refractivity contribution < 1.29 is 31.7 Å². The fourth-order valence-electron chi connectivity index (χ4n) is 2.57. The normalized spacial score (nSPS) is 12.1. The summed E-state index contributed by atoms with van der Waals surface area (Å²) in [6, 6.07) is 14.4. The van der Waals surface area contributed by atoms with Crippen molar-refractivity contribution in [3.05, 3.63) is 65.7 Å². The van der Waals surface area contributed by atoms with Gasteiger partial charge in [0.15, 0.2) is 0 Å². The molecule has 0 spiro atoms. The lowest BCUT2D eigenvalue weighted by atomic mass is 10.0. The molecule has 0 aliphatic heterocycles. The van der Waals surface area contributed by atoms with E-state index in [0.717, 1.165) is 11.8 Å². The van der Waals surface area contributed by atoms with Gasteiger partial charge in [-0.25, -0.2) is 4.79 Å². The Morgan fingerprint density at radius 3 is 2.20 bits per heavy atom. The van der Waals surface area contributed by atoms with E-state index in [0.29, 0.717) is 5.56 Å². The number of hydrogen-bond donors (Lipinski definition) is 1. The van der Waals surface area contributed by atoms with Crippen LogP contribution in [0.1, 0.15) is 37.4 Å². The molecule has 0 aliphatic carbocycles. The maximum absolute atomic E-state index is 12.3. The van der Waals surface area contributed by atoms with Crippen molar-refractivity contribution in [2.24, 2.45) is 0 Å². The standard InChI is InChI=1S/C21H25NO7S/c1-15(2)28-20(23)13-19(17-9-11-18(12-10-17)29-30(3,25)26)22-21(24)27-14-16-7-5-4-6-8-16/h4-12,15,19H,13-14H2,1-3H3,(H,22,24). The van der Waals surface area contributed by atoms with E-state index < -0.39 is 28.2 Å². The molecule has 162 valence electrons. The second-order valence-electron chi connectivity index (χ2n) is 6.86. The first-order chi connectivity index (χ1) is 14.1. The van der Waals surface area contributed by atoms with Gasteiger partial charge in [0.1, 0.15) is 12.4 Å². The van der Waals surface area contributed by atoms with Gasteiger partial charge in [-0.2, -0.15) is 8.42 Å². The molecule has 2 aromatic carbocycles. The van der Waals surface area contributed by atoms with Crippen LogP contribution in [0.4, 0.5) is 4.79 Å². The van der Waals surface area contributed by atoms with Gasteiger partial charge in [-0.3, -0.25) is 4.79 Å². The SMILES string of the molecule is CC(C)OC(=O)CC(NC(=O)OCc1ccccc1)c1ccc(OS(C)(=O)=O)cc1. The number of benzene rings is 2. The van der Waals surface area contributed by atoms with Gasteiger partial charge in [0.2, 0.25) is 0 Å². The third-order valence-corrected chi connectivity index (χ3v) is 4.27. The molecule has 0 fully saturated rings. The number of rotatable bonds is 9. The molecule has 0 saturated carbocycles. The van der Waals surface area contributed by atoms with Gasteiger partial charge in [0, 0.05) is 0 Å². The van der Waals surface area contributed by atoms with Gasteiger partial charge in [0.05, 0.1) is 24.8 Å². The summed E-state index contributed by atoms with van der Waals surface area (Å²) in [5, 5.41) is 2.65. The molecule has 30 heavy (non-hydrogen) atoms. The summed E-state index contributed by atoms with van der Waals surface area (Å²) in [5.41, 5.74) is 1.39. The highest BCUT2D eigenvalue weighted by atomic mass is 32.2. The molecule has 8 nitrogen and oxygen atoms in total. The van der Waals surface area contributed by atoms with E-state index >= 15 is 0 Å². The maximum atomic E-state index is 12.3. The van der Waals surface area contributed by atoms with Gasteiger partial charge in [-0.1, -0.05) is 42.5 Å². The monoisotopic (exact) mass is 435 g/mol. The fourth-order valence-corrected chi connectivity index (χ4v) is 3.03. The summed E-state index contributed by atoms with van der Waals surface area (Å²) in [7, 11) is -3.66. The Morgan fingerprint density at radius 1 is 1.00 bits per heavy atom. The number of alkyl carbamates (subject to hydrolysis) is 1. The van der Waals surface area contributed by atoms with Crippen LogP contribution in [0, 0.1) is 0 Å². The van der Waals surface area contributed by atoms with Crippen LogP contribution in [-0.4, -0.2) is 32.8 Å². The van der Waals surface area contributed by atoms with Gasteiger partial charge >= 0.3 is 22.2 Å². The van der Waals surface area contributed by atoms with Crippen molar-refractivity contribution >= 4 is 22.2 Å². The van der Waals surface area contributed by atoms with Gasteiger partial charge in [-0.15, -0.1) is 0 Å². The summed E-state index contributed by atoms with van der Waals surface area (Å²) in [4.78, 5) is 24.4. The molecule has 0 saturated heterocycles. The van der Waals surface area contributed by atoms with E-state index in [2.05, 4.69) is 5.32 Å². The fraction of sp³-hybridized carbons (Fsp3) is 0.333. The minimum Gasteiger partial charge on any atom is -0.463 e. The Hall–Kier alpha value is -3.07. The predicted octanol–water partition coefficient (Wildman–Crippen LogP) is 3.33. The Kier molecular flexibility index (Phi) is 8.23. The first-order valence-electron chi connectivity index (χ1n) is 9.28. The van der Waals surface area contributed by atoms with Crippen LogP contribution in [0.25, 0.3) is 0 Å². The average molecular weight is 435 g/mol. The van der Waals surface area contributed by atoms with Crippen LogP contribution in [0.3, 0.4) is 0 Å². The zero-order chi connectivity index (χ0) is 22.1. The summed E-state index contributed by atoms with van der Waals surface area (Å²) >= 11 is 0. The molecule has 1 N–H and O–H groups in total. The zero-order valence-electron chi connectivity index (χ0n) is 17.0. The predicted molar refractivity (Wildman–Crippen MR) is 110 cm³/mol. The molecule has 0 bridgehead atoms. The number of nitrogens with one attached hydrogen (secondary N) is 1. The molecule has 1 atom stereocenters. The van der Waals surface area contributed by atoms with E-state index in [1.165, 1.54) is 12.1 Å². The van der Waals surface area contributed by atoms with Gasteiger partial charge in [-0.05, 0) is 37.1 Å². The van der Waals surface area contributed by atoms with Crippen LogP contribution in [0.5, 0.6) is 5.75 Å². The molecule has 0 aliphatic rings. The molecule has 0 radical (unpaired) electrons. The summed E-state index contributed by atoms with van der Waals surface area (Å²) in [6.07, 6.45) is -0.174. The number of amides is 1. The zero-order valence-corrected chi connectivity index (χ0v) is 17.8. The van der Waals surface area contributed by atoms with Crippen molar-refractivity contribution in [1.29, 1.82) is 0 Å². The average Bonchev–Trinajstić information content (AvgIpc) is 2.65. The lowest BCUT2D eigenvalue weighted by Gasteiger charge is -2.19. The Labute approximate surface area is 176 Å². The molecular weight excluding hydrogens is 410 g/mol. The third kappa shape index (κ3) is 8.52. The molecule has 2 rings (SSSR count). The molecule has 0 aromatic heterocycles. The minimum atomic E-state index is -3.66. The van der Waals surface area contributed by atoms with Crippen molar-refractivity contribution in [3.8, 4) is 5.75 Å². The second-order valence-corrected chi connectivity index (χ2v) is 8.43. The molecule has 9 heteroatoms. The Morgan fingerprint density at radius 2 is 1.63 bits per heavy atom. The number of esters is 1. The summed E-state index contributed by atoms with van der Waals surface area (Å²) < 4.78 is 37.7. The molecule has 2 aromatic rings. The van der Waals surface area contributed by atoms with Crippen molar-refractivity contribution in [2.45, 2.75) is 39.0 Å². The number of carbonyl (C=O) groups is 2. The summed E-state index contributed by atoms with van der Waals surface area (Å²) in [5.74, 6) is -0.369. The van der Waals surface area contributed by atoms with E-state index in [1.54, 1.807) is 26.0 Å². The molecular formula is C21H25NO7S. The minimum absolute atomic E-state index is 0.0803.